The molecular weight excluding hydrogens is 256 g/mol. The fraction of sp³-hybridized carbons (Fsp3) is 0.467. The molecule has 20 heavy (non-hydrogen) atoms. The number of carbonyl (C=O) groups is 1. The van der Waals surface area contributed by atoms with Crippen LogP contribution < -0.4 is 4.90 Å². The third kappa shape index (κ3) is 2.92. The van der Waals surface area contributed by atoms with Gasteiger partial charge >= 0.3 is 5.97 Å². The lowest BCUT2D eigenvalue weighted by Crippen LogP contribution is -2.30. The first kappa shape index (κ1) is 14.4. The lowest BCUT2D eigenvalue weighted by Gasteiger charge is -2.24. The Hall–Kier alpha value is -2.04. The molecule has 2 aromatic rings. The van der Waals surface area contributed by atoms with Gasteiger partial charge in [-0.3, -0.25) is 0 Å². The topological polar surface area (TPSA) is 66.6 Å². The van der Waals surface area contributed by atoms with Crippen molar-refractivity contribution in [1.82, 2.24) is 4.98 Å². The predicted octanol–water partition coefficient (Wildman–Crippen LogP) is 3.40. The molecule has 108 valence electrons. The summed E-state index contributed by atoms with van der Waals surface area (Å²) in [6, 6.07) is 5.55. The van der Waals surface area contributed by atoms with Crippen LogP contribution >= 0.6 is 0 Å². The van der Waals surface area contributed by atoms with Crippen molar-refractivity contribution >= 4 is 23.1 Å². The summed E-state index contributed by atoms with van der Waals surface area (Å²) >= 11 is 0. The number of aromatic carboxylic acids is 1. The molecule has 0 aliphatic rings. The second-order valence-electron chi connectivity index (χ2n) is 5.57. The summed E-state index contributed by atoms with van der Waals surface area (Å²) in [6.45, 7) is 6.47. The Kier molecular flexibility index (Phi) is 3.97. The smallest absolute Gasteiger partial charge is 0.335 e. The maximum atomic E-state index is 10.9. The van der Waals surface area contributed by atoms with E-state index < -0.39 is 5.97 Å². The Morgan fingerprint density at radius 1 is 1.40 bits per heavy atom. The number of nitrogens with zero attached hydrogens (tertiary/aromatic N) is 2. The van der Waals surface area contributed by atoms with Gasteiger partial charge in [-0.05, 0) is 37.5 Å². The molecule has 5 nitrogen and oxygen atoms in total. The molecule has 0 amide bonds. The van der Waals surface area contributed by atoms with Gasteiger partial charge in [0.2, 0.25) is 0 Å². The summed E-state index contributed by atoms with van der Waals surface area (Å²) in [5.74, 6) is -0.373. The summed E-state index contributed by atoms with van der Waals surface area (Å²) in [4.78, 5) is 17.3. The van der Waals surface area contributed by atoms with Crippen molar-refractivity contribution in [3.05, 3.63) is 23.8 Å². The van der Waals surface area contributed by atoms with Crippen LogP contribution in [0.15, 0.2) is 22.6 Å². The summed E-state index contributed by atoms with van der Waals surface area (Å²) in [5, 5.41) is 8.98. The lowest BCUT2D eigenvalue weighted by molar-refractivity contribution is 0.0697. The van der Waals surface area contributed by atoms with Crippen molar-refractivity contribution in [3.8, 4) is 0 Å². The van der Waals surface area contributed by atoms with Crippen molar-refractivity contribution in [3.63, 3.8) is 0 Å². The second kappa shape index (κ2) is 5.53. The molecule has 1 heterocycles. The van der Waals surface area contributed by atoms with Crippen molar-refractivity contribution in [1.29, 1.82) is 0 Å². The van der Waals surface area contributed by atoms with Crippen molar-refractivity contribution in [2.45, 2.75) is 33.2 Å². The molecule has 5 heteroatoms. The Bertz CT molecular complexity index is 619. The van der Waals surface area contributed by atoms with Crippen LogP contribution in [0.5, 0.6) is 0 Å². The van der Waals surface area contributed by atoms with E-state index in [-0.39, 0.29) is 5.56 Å². The Morgan fingerprint density at radius 2 is 2.10 bits per heavy atom. The van der Waals surface area contributed by atoms with Gasteiger partial charge in [0.05, 0.1) is 5.56 Å². The molecule has 0 spiro atoms. The molecular formula is C15H20N2O3. The number of rotatable bonds is 5. The number of hydrogen-bond acceptors (Lipinski definition) is 4. The molecule has 1 unspecified atom stereocenters. The van der Waals surface area contributed by atoms with Crippen LogP contribution in [0.25, 0.3) is 11.1 Å². The largest absolute Gasteiger partial charge is 0.478 e. The van der Waals surface area contributed by atoms with Gasteiger partial charge in [-0.2, -0.15) is 4.98 Å². The second-order valence-corrected chi connectivity index (χ2v) is 5.57. The molecule has 1 atom stereocenters. The normalized spacial score (nSPS) is 12.8. The van der Waals surface area contributed by atoms with Crippen molar-refractivity contribution in [2.24, 2.45) is 5.92 Å². The Labute approximate surface area is 118 Å². The fourth-order valence-electron chi connectivity index (χ4n) is 2.23. The first-order valence-corrected chi connectivity index (χ1v) is 6.75. The number of hydrogen-bond donors (Lipinski definition) is 1. The van der Waals surface area contributed by atoms with E-state index in [0.29, 0.717) is 29.1 Å². The van der Waals surface area contributed by atoms with Gasteiger partial charge in [0, 0.05) is 13.1 Å². The van der Waals surface area contributed by atoms with Crippen LogP contribution in [0.2, 0.25) is 0 Å². The number of carboxylic acids is 1. The van der Waals surface area contributed by atoms with Crippen LogP contribution in [0.4, 0.5) is 6.01 Å². The zero-order chi connectivity index (χ0) is 14.9. The highest BCUT2D eigenvalue weighted by atomic mass is 16.4. The number of benzene rings is 1. The van der Waals surface area contributed by atoms with Crippen molar-refractivity contribution < 1.29 is 14.3 Å². The lowest BCUT2D eigenvalue weighted by atomic mass is 10.0. The fourth-order valence-corrected chi connectivity index (χ4v) is 2.23. The highest BCUT2D eigenvalue weighted by molar-refractivity contribution is 5.92. The molecule has 0 saturated carbocycles. The average molecular weight is 276 g/mol. The number of oxazole rings is 1. The third-order valence-electron chi connectivity index (χ3n) is 3.40. The predicted molar refractivity (Wildman–Crippen MR) is 78.3 cm³/mol. The van der Waals surface area contributed by atoms with E-state index in [1.54, 1.807) is 6.07 Å². The highest BCUT2D eigenvalue weighted by Crippen LogP contribution is 2.24. The molecule has 0 saturated heterocycles. The van der Waals surface area contributed by atoms with Gasteiger partial charge < -0.3 is 14.4 Å². The minimum atomic E-state index is -0.966. The van der Waals surface area contributed by atoms with E-state index in [1.165, 1.54) is 12.1 Å². The van der Waals surface area contributed by atoms with Crippen LogP contribution in [0.1, 0.15) is 37.6 Å². The van der Waals surface area contributed by atoms with E-state index >= 15 is 0 Å². The number of carboxylic acid groups (broad SMARTS) is 1. The highest BCUT2D eigenvalue weighted by Gasteiger charge is 2.17. The molecule has 1 aromatic heterocycles. The molecule has 0 aliphatic heterocycles. The van der Waals surface area contributed by atoms with E-state index in [9.17, 15) is 4.79 Å². The van der Waals surface area contributed by atoms with Gasteiger partial charge in [0.25, 0.3) is 6.01 Å². The average Bonchev–Trinajstić information content (AvgIpc) is 2.79. The zero-order valence-electron chi connectivity index (χ0n) is 12.3. The van der Waals surface area contributed by atoms with Gasteiger partial charge in [-0.15, -0.1) is 0 Å². The molecule has 1 N–H and O–H groups in total. The first-order chi connectivity index (χ1) is 9.38. The minimum Gasteiger partial charge on any atom is -0.478 e. The van der Waals surface area contributed by atoms with Gasteiger partial charge in [0.1, 0.15) is 5.52 Å². The molecule has 1 aromatic carbocycles. The molecule has 0 aliphatic carbocycles. The summed E-state index contributed by atoms with van der Waals surface area (Å²) in [5.41, 5.74) is 1.38. The van der Waals surface area contributed by atoms with E-state index in [2.05, 4.69) is 25.8 Å². The Morgan fingerprint density at radius 3 is 2.70 bits per heavy atom. The number of fused-ring (bicyclic) bond motifs is 1. The third-order valence-corrected chi connectivity index (χ3v) is 3.40. The van der Waals surface area contributed by atoms with Gasteiger partial charge in [-0.25, -0.2) is 4.79 Å². The molecule has 0 fully saturated rings. The molecule has 2 rings (SSSR count). The van der Waals surface area contributed by atoms with E-state index in [1.807, 2.05) is 11.9 Å². The molecule has 0 bridgehead atoms. The van der Waals surface area contributed by atoms with Gasteiger partial charge in [0.15, 0.2) is 5.58 Å². The standard InChI is InChI=1S/C15H20N2O3/c1-9(2)7-10(3)17(4)15-16-12-6-5-11(14(18)19)8-13(12)20-15/h5-6,8-10H,7H2,1-4H3,(H,18,19). The number of anilines is 1. The zero-order valence-corrected chi connectivity index (χ0v) is 12.3. The van der Waals surface area contributed by atoms with Crippen LogP contribution in [-0.2, 0) is 0 Å². The summed E-state index contributed by atoms with van der Waals surface area (Å²) < 4.78 is 5.67. The minimum absolute atomic E-state index is 0.207. The van der Waals surface area contributed by atoms with E-state index in [0.717, 1.165) is 6.42 Å². The van der Waals surface area contributed by atoms with Gasteiger partial charge in [-0.1, -0.05) is 13.8 Å². The Balaban J connectivity index is 2.29. The van der Waals surface area contributed by atoms with Crippen LogP contribution in [0.3, 0.4) is 0 Å². The maximum Gasteiger partial charge on any atom is 0.335 e. The van der Waals surface area contributed by atoms with Crippen LogP contribution in [0, 0.1) is 5.92 Å². The first-order valence-electron chi connectivity index (χ1n) is 6.75. The quantitative estimate of drug-likeness (QED) is 0.906. The van der Waals surface area contributed by atoms with Crippen LogP contribution in [-0.4, -0.2) is 29.1 Å². The SMILES string of the molecule is CC(C)CC(C)N(C)c1nc2ccc(C(=O)O)cc2o1. The van der Waals surface area contributed by atoms with E-state index in [4.69, 9.17) is 9.52 Å². The number of aromatic nitrogens is 1. The molecule has 0 radical (unpaired) electrons. The van der Waals surface area contributed by atoms with Crippen molar-refractivity contribution in [2.75, 3.05) is 11.9 Å². The summed E-state index contributed by atoms with van der Waals surface area (Å²) in [6.07, 6.45) is 1.04. The monoisotopic (exact) mass is 276 g/mol. The summed E-state index contributed by atoms with van der Waals surface area (Å²) in [7, 11) is 1.94. The maximum absolute atomic E-state index is 10.9.